The predicted octanol–water partition coefficient (Wildman–Crippen LogP) is 4.73. The van der Waals surface area contributed by atoms with Gasteiger partial charge in [-0.2, -0.15) is 0 Å². The number of imide groups is 2. The number of anilines is 3. The molecule has 2 aliphatic carbocycles. The molecule has 6 atom stereocenters. The van der Waals surface area contributed by atoms with Crippen molar-refractivity contribution in [1.82, 2.24) is 0 Å². The van der Waals surface area contributed by atoms with E-state index in [1.165, 1.54) is 39.3 Å². The zero-order valence-corrected chi connectivity index (χ0v) is 29.3. The van der Waals surface area contributed by atoms with Gasteiger partial charge in [-0.1, -0.05) is 29.8 Å². The van der Waals surface area contributed by atoms with E-state index in [9.17, 15) is 44.5 Å². The maximum atomic E-state index is 14.7. The molecular weight excluding hydrogens is 690 g/mol. The van der Waals surface area contributed by atoms with Crippen LogP contribution in [0.4, 0.5) is 28.4 Å². The highest BCUT2D eigenvalue weighted by molar-refractivity contribution is 6.25. The molecular formula is C37H35N5O11. The topological polar surface area (TPSA) is 203 Å². The fourth-order valence-corrected chi connectivity index (χ4v) is 9.02. The number of phenols is 1. The summed E-state index contributed by atoms with van der Waals surface area (Å²) in [6, 6.07) is 13.3. The smallest absolute Gasteiger partial charge is 0.301 e. The first kappa shape index (κ1) is 35.1. The zero-order valence-electron chi connectivity index (χ0n) is 29.3. The van der Waals surface area contributed by atoms with Gasteiger partial charge < -0.3 is 19.5 Å². The number of hydrogen-bond acceptors (Lipinski definition) is 12. The van der Waals surface area contributed by atoms with E-state index >= 15 is 0 Å². The molecule has 4 aliphatic rings. The van der Waals surface area contributed by atoms with Crippen molar-refractivity contribution in [3.63, 3.8) is 0 Å². The number of rotatable bonds is 8. The second-order valence-corrected chi connectivity index (χ2v) is 14.0. The molecule has 3 aromatic carbocycles. The molecule has 3 aromatic rings. The number of fused-ring (bicyclic) bond motifs is 4. The fourth-order valence-electron chi connectivity index (χ4n) is 9.02. The Kier molecular flexibility index (Phi) is 8.23. The highest BCUT2D eigenvalue weighted by atomic mass is 16.6. The lowest BCUT2D eigenvalue weighted by molar-refractivity contribution is -0.392. The van der Waals surface area contributed by atoms with Crippen LogP contribution in [-0.4, -0.2) is 66.9 Å². The number of nitrogens with zero attached hydrogens (tertiary/aromatic N) is 5. The van der Waals surface area contributed by atoms with Gasteiger partial charge in [-0.15, -0.1) is 0 Å². The Balaban J connectivity index is 1.40. The Morgan fingerprint density at radius 1 is 0.849 bits per heavy atom. The normalized spacial score (nSPS) is 26.1. The van der Waals surface area contributed by atoms with Crippen molar-refractivity contribution in [2.24, 2.45) is 29.1 Å². The maximum Gasteiger partial charge on any atom is 0.301 e. The number of aromatic hydroxyl groups is 1. The van der Waals surface area contributed by atoms with Gasteiger partial charge in [0.2, 0.25) is 23.6 Å². The van der Waals surface area contributed by atoms with Gasteiger partial charge in [-0.05, 0) is 37.8 Å². The molecule has 4 amide bonds. The summed E-state index contributed by atoms with van der Waals surface area (Å²) in [5.41, 5.74) is -2.36. The van der Waals surface area contributed by atoms with Crippen LogP contribution in [0.25, 0.3) is 0 Å². The Hall–Kier alpha value is -6.32. The van der Waals surface area contributed by atoms with Gasteiger partial charge >= 0.3 is 11.4 Å². The van der Waals surface area contributed by atoms with Crippen molar-refractivity contribution >= 4 is 52.1 Å². The number of carbonyl (C=O) groups is 4. The van der Waals surface area contributed by atoms with Crippen LogP contribution in [0.1, 0.15) is 31.2 Å². The monoisotopic (exact) mass is 725 g/mol. The first-order chi connectivity index (χ1) is 25.2. The molecule has 0 spiro atoms. The van der Waals surface area contributed by atoms with Gasteiger partial charge in [0.15, 0.2) is 5.69 Å². The molecule has 2 saturated heterocycles. The Labute approximate surface area is 302 Å². The molecule has 53 heavy (non-hydrogen) atoms. The van der Waals surface area contributed by atoms with Crippen LogP contribution in [0.2, 0.25) is 0 Å². The maximum absolute atomic E-state index is 14.7. The van der Waals surface area contributed by atoms with E-state index in [1.807, 2.05) is 0 Å². The summed E-state index contributed by atoms with van der Waals surface area (Å²) < 4.78 is 11.1. The molecule has 1 saturated carbocycles. The molecule has 2 heterocycles. The van der Waals surface area contributed by atoms with E-state index in [1.54, 1.807) is 49.4 Å². The number of ether oxygens (including phenoxy) is 2. The molecule has 16 nitrogen and oxygen atoms in total. The van der Waals surface area contributed by atoms with Crippen LogP contribution in [0.15, 0.2) is 66.2 Å². The van der Waals surface area contributed by atoms with Crippen LogP contribution < -0.4 is 24.2 Å². The summed E-state index contributed by atoms with van der Waals surface area (Å²) >= 11 is 0. The van der Waals surface area contributed by atoms with Crippen molar-refractivity contribution in [2.75, 3.05) is 43.0 Å². The number of hydrogen-bond donors (Lipinski definition) is 1. The number of nitro groups is 2. The summed E-state index contributed by atoms with van der Waals surface area (Å²) in [7, 11) is 5.60. The Morgan fingerprint density at radius 2 is 1.49 bits per heavy atom. The lowest BCUT2D eigenvalue weighted by Crippen LogP contribution is -2.49. The minimum Gasteiger partial charge on any atom is -0.507 e. The predicted molar refractivity (Wildman–Crippen MR) is 189 cm³/mol. The van der Waals surface area contributed by atoms with Crippen LogP contribution in [0.3, 0.4) is 0 Å². The fraction of sp³-hybridized carbons (Fsp3) is 0.351. The number of benzene rings is 3. The van der Waals surface area contributed by atoms with Gasteiger partial charge in [-0.25, -0.2) is 9.80 Å². The lowest BCUT2D eigenvalue weighted by atomic mass is 9.51. The minimum absolute atomic E-state index is 0.0125. The highest BCUT2D eigenvalue weighted by Gasteiger charge is 2.68. The summed E-state index contributed by atoms with van der Waals surface area (Å²) in [5, 5.41) is 35.9. The molecule has 16 heteroatoms. The number of amides is 4. The summed E-state index contributed by atoms with van der Waals surface area (Å²) in [4.78, 5) is 83.6. The number of allylic oxidation sites excluding steroid dienone is 2. The molecule has 0 unspecified atom stereocenters. The molecule has 0 bridgehead atoms. The van der Waals surface area contributed by atoms with Gasteiger partial charge in [0.25, 0.3) is 0 Å². The average molecular weight is 726 g/mol. The molecule has 2 aliphatic heterocycles. The zero-order chi connectivity index (χ0) is 38.3. The van der Waals surface area contributed by atoms with Crippen molar-refractivity contribution < 1.29 is 43.6 Å². The standard InChI is InChI=1S/C37H35N5O11/c1-37-24(34(45)40(36(37)47)18-9-7-6-8-10-18)17-23-21(31(37)30-27(43)15-20(52-4)16-28(30)53-5)11-12-22-29(23)35(46)39(33(22)44)19-13-25(41(48)49)32(38(2)3)26(14-19)42(50)51/h6-11,13-16,22-24,29,31,43H,12,17H2,1-5H3/t22-,23+,24-,29-,31+,37+/m0/s1. The van der Waals surface area contributed by atoms with Crippen molar-refractivity contribution in [2.45, 2.75) is 25.7 Å². The Morgan fingerprint density at radius 3 is 2.06 bits per heavy atom. The minimum atomic E-state index is -1.49. The number of phenolic OH excluding ortho intramolecular Hbond substituents is 1. The van der Waals surface area contributed by atoms with E-state index in [0.29, 0.717) is 11.3 Å². The molecule has 7 rings (SSSR count). The van der Waals surface area contributed by atoms with E-state index in [0.717, 1.165) is 21.9 Å². The van der Waals surface area contributed by atoms with Crippen LogP contribution in [0, 0.1) is 49.3 Å². The van der Waals surface area contributed by atoms with Crippen molar-refractivity contribution in [3.05, 3.63) is 92.0 Å². The number of methoxy groups -OCH3 is 2. The molecule has 0 aromatic heterocycles. The van der Waals surface area contributed by atoms with Crippen LogP contribution in [0.5, 0.6) is 17.2 Å². The molecule has 3 fully saturated rings. The summed E-state index contributed by atoms with van der Waals surface area (Å²) in [6.07, 6.45) is 1.76. The molecule has 274 valence electrons. The third-order valence-electron chi connectivity index (χ3n) is 11.3. The van der Waals surface area contributed by atoms with Gasteiger partial charge in [-0.3, -0.25) is 39.4 Å². The van der Waals surface area contributed by atoms with Gasteiger partial charge in [0.05, 0.1) is 58.6 Å². The summed E-state index contributed by atoms with van der Waals surface area (Å²) in [5.74, 6) is -7.24. The van der Waals surface area contributed by atoms with Crippen molar-refractivity contribution in [1.29, 1.82) is 0 Å². The van der Waals surface area contributed by atoms with Crippen LogP contribution in [-0.2, 0) is 19.2 Å². The molecule has 0 radical (unpaired) electrons. The van der Waals surface area contributed by atoms with E-state index in [4.69, 9.17) is 9.47 Å². The van der Waals surface area contributed by atoms with E-state index < -0.39 is 79.9 Å². The number of carbonyl (C=O) groups excluding carboxylic acids is 4. The largest absolute Gasteiger partial charge is 0.507 e. The first-order valence-corrected chi connectivity index (χ1v) is 16.8. The third-order valence-corrected chi connectivity index (χ3v) is 11.3. The highest BCUT2D eigenvalue weighted by Crippen LogP contribution is 2.66. The average Bonchev–Trinajstić information content (AvgIpc) is 3.50. The van der Waals surface area contributed by atoms with E-state index in [2.05, 4.69) is 0 Å². The van der Waals surface area contributed by atoms with Crippen LogP contribution >= 0.6 is 0 Å². The third kappa shape index (κ3) is 4.95. The van der Waals surface area contributed by atoms with Gasteiger partial charge in [0, 0.05) is 49.8 Å². The first-order valence-electron chi connectivity index (χ1n) is 16.8. The molecule has 1 N–H and O–H groups in total. The second kappa shape index (κ2) is 12.4. The summed E-state index contributed by atoms with van der Waals surface area (Å²) in [6.45, 7) is 1.66. The Bertz CT molecular complexity index is 2130. The van der Waals surface area contributed by atoms with E-state index in [-0.39, 0.29) is 47.0 Å². The van der Waals surface area contributed by atoms with Gasteiger partial charge in [0.1, 0.15) is 17.2 Å². The SMILES string of the molecule is COc1cc(O)c([C@H]2C3=CC[C@@H]4C(=O)N(c5cc([N+](=O)[O-])c(N(C)C)c([N+](=O)[O-])c5)C(=O)[C@@H]4[C@@H]3C[C@H]3C(=O)N(c4ccccc4)C(=O)[C@@]23C)c(OC)c1. The quantitative estimate of drug-likeness (QED) is 0.145. The lowest BCUT2D eigenvalue weighted by Gasteiger charge is -2.49. The second-order valence-electron chi connectivity index (χ2n) is 14.0. The number of para-hydroxylation sites is 1. The van der Waals surface area contributed by atoms with Crippen molar-refractivity contribution in [3.8, 4) is 17.2 Å². The number of nitro benzene ring substituents is 2.